The Hall–Kier alpha value is -5.87. The lowest BCUT2D eigenvalue weighted by Crippen LogP contribution is -2.44. The molecule has 9 rings (SSSR count). The van der Waals surface area contributed by atoms with E-state index in [9.17, 15) is 14.0 Å². The summed E-state index contributed by atoms with van der Waals surface area (Å²) in [5.41, 5.74) is 7.84. The number of carbonyl (C=O) groups excluding carboxylic acids is 2. The van der Waals surface area contributed by atoms with Crippen molar-refractivity contribution < 1.29 is 14.0 Å². The number of aromatic nitrogens is 4. The van der Waals surface area contributed by atoms with Gasteiger partial charge in [0, 0.05) is 13.1 Å². The molecule has 0 bridgehead atoms. The second-order valence-electron chi connectivity index (χ2n) is 15.7. The molecule has 2 aromatic heterocycles. The average Bonchev–Trinajstić information content (AvgIpc) is 4.09. The number of halogens is 1. The van der Waals surface area contributed by atoms with Crippen molar-refractivity contribution >= 4 is 11.8 Å². The van der Waals surface area contributed by atoms with Gasteiger partial charge in [-0.3, -0.25) is 14.5 Å². The highest BCUT2D eigenvalue weighted by molar-refractivity contribution is 5.84. The van der Waals surface area contributed by atoms with Crippen molar-refractivity contribution in [1.29, 1.82) is 0 Å². The first-order chi connectivity index (χ1) is 28.0. The SMILES string of the molecule is O=C(Cc1cccc(F)c1)N1CCC[C@H]1c1ncc(-c2ccc(-c3ccc(-c4cnc([C@@H]5CCCN5C(=O)[C@@H](c5ccccc5)N5CCCCC5)[nH]4)cc3)cc2)[nH]1. The lowest BCUT2D eigenvalue weighted by atomic mass is 10.00. The van der Waals surface area contributed by atoms with Gasteiger partial charge in [-0.1, -0.05) is 97.4 Å². The standard InChI is InChI=1S/C47H48FN7O2/c48-38-13-7-10-32(28-38)29-43(56)54-26-8-14-41(54)45-49-30-39(51-45)35-20-16-33(17-21-35)34-18-22-36(23-19-34)40-31-50-46(52-40)42-15-9-27-55(42)47(57)44(37-11-3-1-4-12-37)53-24-5-2-6-25-53/h1,3-4,7,10-13,16-23,28,30-31,41-42,44H,2,5-6,8-9,14-15,24-27,29H2,(H,49,51)(H,50,52)/t41-,42-,44+/m0/s1. The Morgan fingerprint density at radius 1 is 0.632 bits per heavy atom. The molecule has 2 amide bonds. The molecule has 5 heterocycles. The predicted octanol–water partition coefficient (Wildman–Crippen LogP) is 9.07. The fourth-order valence-electron chi connectivity index (χ4n) is 9.06. The van der Waals surface area contributed by atoms with E-state index < -0.39 is 0 Å². The minimum Gasteiger partial charge on any atom is -0.340 e. The molecular weight excluding hydrogens is 714 g/mol. The van der Waals surface area contributed by atoms with E-state index in [1.54, 1.807) is 12.1 Å². The molecule has 0 spiro atoms. The van der Waals surface area contributed by atoms with E-state index in [0.717, 1.165) is 109 Å². The first kappa shape index (κ1) is 36.7. The summed E-state index contributed by atoms with van der Waals surface area (Å²) in [6.45, 7) is 3.31. The molecule has 9 nitrogen and oxygen atoms in total. The van der Waals surface area contributed by atoms with Crippen molar-refractivity contribution in [1.82, 2.24) is 34.6 Å². The zero-order valence-electron chi connectivity index (χ0n) is 32.1. The normalized spacial score (nSPS) is 19.2. The zero-order valence-corrected chi connectivity index (χ0v) is 32.1. The van der Waals surface area contributed by atoms with Crippen LogP contribution in [0.2, 0.25) is 0 Å². The monoisotopic (exact) mass is 761 g/mol. The molecule has 6 aromatic rings. The fourth-order valence-corrected chi connectivity index (χ4v) is 9.06. The van der Waals surface area contributed by atoms with Crippen LogP contribution in [0.4, 0.5) is 4.39 Å². The maximum atomic E-state index is 14.3. The quantitative estimate of drug-likeness (QED) is 0.145. The van der Waals surface area contributed by atoms with Gasteiger partial charge in [0.05, 0.1) is 42.3 Å². The molecule has 0 aliphatic carbocycles. The number of nitrogens with zero attached hydrogens (tertiary/aromatic N) is 5. The highest BCUT2D eigenvalue weighted by Crippen LogP contribution is 2.37. The Bertz CT molecular complexity index is 2310. The third-order valence-electron chi connectivity index (χ3n) is 12.0. The van der Waals surface area contributed by atoms with Crippen LogP contribution in [0.25, 0.3) is 33.6 Å². The minimum absolute atomic E-state index is 0.0165. The van der Waals surface area contributed by atoms with E-state index in [1.807, 2.05) is 35.5 Å². The number of piperidine rings is 1. The van der Waals surface area contributed by atoms with Gasteiger partial charge >= 0.3 is 0 Å². The van der Waals surface area contributed by atoms with E-state index in [2.05, 4.69) is 85.4 Å². The van der Waals surface area contributed by atoms with Crippen molar-refractivity contribution in [2.75, 3.05) is 26.2 Å². The smallest absolute Gasteiger partial charge is 0.245 e. The molecular formula is C47H48FN7O2. The van der Waals surface area contributed by atoms with Crippen LogP contribution in [0.15, 0.2) is 116 Å². The third-order valence-corrected chi connectivity index (χ3v) is 12.0. The Labute approximate surface area is 333 Å². The number of nitrogens with one attached hydrogen (secondary N) is 2. The van der Waals surface area contributed by atoms with Crippen LogP contribution < -0.4 is 0 Å². The Morgan fingerprint density at radius 3 is 1.79 bits per heavy atom. The van der Waals surface area contributed by atoms with E-state index in [4.69, 9.17) is 4.98 Å². The van der Waals surface area contributed by atoms with Gasteiger partial charge in [-0.2, -0.15) is 0 Å². The molecule has 3 fully saturated rings. The number of carbonyl (C=O) groups is 2. The minimum atomic E-state index is -0.331. The van der Waals surface area contributed by atoms with Crippen LogP contribution in [0.1, 0.15) is 85.8 Å². The first-order valence-electron chi connectivity index (χ1n) is 20.4. The van der Waals surface area contributed by atoms with E-state index in [1.165, 1.54) is 18.6 Å². The number of likely N-dealkylation sites (tertiary alicyclic amines) is 3. The highest BCUT2D eigenvalue weighted by Gasteiger charge is 2.39. The number of aromatic amines is 2. The summed E-state index contributed by atoms with van der Waals surface area (Å²) >= 11 is 0. The van der Waals surface area contributed by atoms with Crippen molar-refractivity contribution in [2.45, 2.75) is 69.5 Å². The van der Waals surface area contributed by atoms with Gasteiger partial charge < -0.3 is 19.8 Å². The van der Waals surface area contributed by atoms with Gasteiger partial charge in [0.25, 0.3) is 0 Å². The molecule has 3 atom stereocenters. The van der Waals surface area contributed by atoms with Gasteiger partial charge in [-0.25, -0.2) is 14.4 Å². The van der Waals surface area contributed by atoms with Crippen molar-refractivity contribution in [3.8, 4) is 33.6 Å². The van der Waals surface area contributed by atoms with Gasteiger partial charge in [-0.05, 0) is 97.1 Å². The summed E-state index contributed by atoms with van der Waals surface area (Å²) in [7, 11) is 0. The molecule has 2 N–H and O–H groups in total. The largest absolute Gasteiger partial charge is 0.340 e. The van der Waals surface area contributed by atoms with Crippen LogP contribution >= 0.6 is 0 Å². The number of H-pyrrole nitrogens is 2. The average molecular weight is 762 g/mol. The van der Waals surface area contributed by atoms with Gasteiger partial charge in [-0.15, -0.1) is 0 Å². The Kier molecular flexibility index (Phi) is 10.5. The Morgan fingerprint density at radius 2 is 1.19 bits per heavy atom. The molecule has 0 unspecified atom stereocenters. The molecule has 3 aliphatic rings. The van der Waals surface area contributed by atoms with Gasteiger partial charge in [0.1, 0.15) is 23.5 Å². The van der Waals surface area contributed by atoms with Crippen LogP contribution in [0.5, 0.6) is 0 Å². The fraction of sp³-hybridized carbons (Fsp3) is 0.319. The number of hydrogen-bond donors (Lipinski definition) is 2. The van der Waals surface area contributed by atoms with Crippen molar-refractivity contribution in [3.05, 3.63) is 144 Å². The maximum Gasteiger partial charge on any atom is 0.245 e. The lowest BCUT2D eigenvalue weighted by molar-refractivity contribution is -0.139. The van der Waals surface area contributed by atoms with Gasteiger partial charge in [0.15, 0.2) is 0 Å². The third kappa shape index (κ3) is 7.79. The van der Waals surface area contributed by atoms with Crippen molar-refractivity contribution in [3.63, 3.8) is 0 Å². The molecule has 4 aromatic carbocycles. The predicted molar refractivity (Wildman–Crippen MR) is 219 cm³/mol. The van der Waals surface area contributed by atoms with Crippen molar-refractivity contribution in [2.24, 2.45) is 0 Å². The topological polar surface area (TPSA) is 101 Å². The van der Waals surface area contributed by atoms with Gasteiger partial charge in [0.2, 0.25) is 11.8 Å². The summed E-state index contributed by atoms with van der Waals surface area (Å²) < 4.78 is 13.7. The first-order valence-corrected chi connectivity index (χ1v) is 20.4. The number of imidazole rings is 2. The molecule has 57 heavy (non-hydrogen) atoms. The Balaban J connectivity index is 0.854. The number of benzene rings is 4. The highest BCUT2D eigenvalue weighted by atomic mass is 19.1. The molecule has 3 saturated heterocycles. The summed E-state index contributed by atoms with van der Waals surface area (Å²) in [5, 5.41) is 0. The van der Waals surface area contributed by atoms with Crippen LogP contribution in [0.3, 0.4) is 0 Å². The maximum absolute atomic E-state index is 14.3. The van der Waals surface area contributed by atoms with Crippen LogP contribution in [-0.4, -0.2) is 72.6 Å². The summed E-state index contributed by atoms with van der Waals surface area (Å²) in [6, 6.07) is 32.9. The molecule has 3 aliphatic heterocycles. The van der Waals surface area contributed by atoms with Crippen LogP contribution in [0, 0.1) is 5.82 Å². The zero-order chi connectivity index (χ0) is 38.7. The summed E-state index contributed by atoms with van der Waals surface area (Å²) in [4.78, 5) is 50.4. The van der Waals surface area contributed by atoms with E-state index >= 15 is 0 Å². The molecule has 10 heteroatoms. The second-order valence-corrected chi connectivity index (χ2v) is 15.7. The molecule has 0 radical (unpaired) electrons. The molecule has 290 valence electrons. The number of amides is 2. The summed E-state index contributed by atoms with van der Waals surface area (Å²) in [5.74, 6) is 1.45. The van der Waals surface area contributed by atoms with E-state index in [-0.39, 0.29) is 42.2 Å². The van der Waals surface area contributed by atoms with E-state index in [0.29, 0.717) is 12.1 Å². The second kappa shape index (κ2) is 16.3. The number of hydrogen-bond acceptors (Lipinski definition) is 5. The summed E-state index contributed by atoms with van der Waals surface area (Å²) in [6.07, 6.45) is 11.0. The lowest BCUT2D eigenvalue weighted by Gasteiger charge is -2.37. The number of rotatable bonds is 10. The van der Waals surface area contributed by atoms with Crippen LogP contribution in [-0.2, 0) is 16.0 Å². The molecule has 0 saturated carbocycles.